The molecular formula is C25H33N3O4. The molecule has 1 aromatic rings. The van der Waals surface area contributed by atoms with Crippen LogP contribution in [-0.2, 0) is 14.3 Å². The SMILES string of the molecule is CCOC(=O)C1CCN(C(=O)[C@H]2C[C@H]3CC[C@]2(C)C[C@]32NC(=O)c3ccccc3N2)CC1. The van der Waals surface area contributed by atoms with Crippen LogP contribution in [0.3, 0.4) is 0 Å². The quantitative estimate of drug-likeness (QED) is 0.707. The van der Waals surface area contributed by atoms with E-state index in [-0.39, 0.29) is 41.0 Å². The average molecular weight is 440 g/mol. The number of anilines is 1. The van der Waals surface area contributed by atoms with Gasteiger partial charge in [0, 0.05) is 30.6 Å². The van der Waals surface area contributed by atoms with Gasteiger partial charge in [-0.15, -0.1) is 0 Å². The molecule has 32 heavy (non-hydrogen) atoms. The Hall–Kier alpha value is -2.57. The van der Waals surface area contributed by atoms with Gasteiger partial charge in [0.1, 0.15) is 5.66 Å². The molecule has 4 fully saturated rings. The third-order valence-corrected chi connectivity index (χ3v) is 8.40. The van der Waals surface area contributed by atoms with Crippen LogP contribution in [0.4, 0.5) is 5.69 Å². The Labute approximate surface area is 189 Å². The molecule has 5 aliphatic rings. The van der Waals surface area contributed by atoms with Gasteiger partial charge < -0.3 is 20.3 Å². The Morgan fingerprint density at radius 2 is 1.91 bits per heavy atom. The zero-order valence-electron chi connectivity index (χ0n) is 19.0. The van der Waals surface area contributed by atoms with Crippen LogP contribution in [0, 0.1) is 23.2 Å². The number of carbonyl (C=O) groups excluding carboxylic acids is 3. The highest BCUT2D eigenvalue weighted by molar-refractivity contribution is 6.02. The number of hydrogen-bond donors (Lipinski definition) is 2. The molecule has 3 aliphatic carbocycles. The Morgan fingerprint density at radius 3 is 2.62 bits per heavy atom. The fraction of sp³-hybridized carbons (Fsp3) is 0.640. The van der Waals surface area contributed by atoms with Gasteiger partial charge in [-0.05, 0) is 63.0 Å². The minimum Gasteiger partial charge on any atom is -0.466 e. The number of hydrogen-bond acceptors (Lipinski definition) is 5. The zero-order chi connectivity index (χ0) is 22.5. The van der Waals surface area contributed by atoms with Crippen LogP contribution in [0.25, 0.3) is 0 Å². The van der Waals surface area contributed by atoms with Crippen molar-refractivity contribution in [1.82, 2.24) is 10.2 Å². The molecule has 4 atom stereocenters. The summed E-state index contributed by atoms with van der Waals surface area (Å²) in [5, 5.41) is 6.95. The lowest BCUT2D eigenvalue weighted by Crippen LogP contribution is -2.70. The lowest BCUT2D eigenvalue weighted by molar-refractivity contribution is -0.156. The number of benzene rings is 1. The Balaban J connectivity index is 1.30. The largest absolute Gasteiger partial charge is 0.466 e. The molecular weight excluding hydrogens is 406 g/mol. The highest BCUT2D eigenvalue weighted by atomic mass is 16.5. The van der Waals surface area contributed by atoms with Crippen LogP contribution >= 0.6 is 0 Å². The third kappa shape index (κ3) is 3.37. The van der Waals surface area contributed by atoms with Gasteiger partial charge in [-0.25, -0.2) is 0 Å². The predicted molar refractivity (Wildman–Crippen MR) is 120 cm³/mol. The maximum Gasteiger partial charge on any atom is 0.309 e. The molecule has 1 aromatic carbocycles. The van der Waals surface area contributed by atoms with Gasteiger partial charge in [0.15, 0.2) is 0 Å². The minimum absolute atomic E-state index is 0.0283. The van der Waals surface area contributed by atoms with Crippen LogP contribution in [0.2, 0.25) is 0 Å². The molecule has 3 saturated carbocycles. The summed E-state index contributed by atoms with van der Waals surface area (Å²) in [5.74, 6) is 0.137. The first kappa shape index (κ1) is 21.3. The fourth-order valence-corrected chi connectivity index (χ4v) is 6.64. The number of ether oxygens (including phenoxy) is 1. The molecule has 1 spiro atoms. The molecule has 0 radical (unpaired) electrons. The Kier molecular flexibility index (Phi) is 5.18. The zero-order valence-corrected chi connectivity index (χ0v) is 19.0. The second kappa shape index (κ2) is 7.78. The molecule has 2 N–H and O–H groups in total. The number of amides is 2. The third-order valence-electron chi connectivity index (χ3n) is 8.40. The average Bonchev–Trinajstić information content (AvgIpc) is 2.78. The second-order valence-corrected chi connectivity index (χ2v) is 10.3. The van der Waals surface area contributed by atoms with E-state index in [0.29, 0.717) is 38.1 Å². The van der Waals surface area contributed by atoms with Crippen LogP contribution in [0.5, 0.6) is 0 Å². The Bertz CT molecular complexity index is 941. The first-order valence-electron chi connectivity index (χ1n) is 12.0. The van der Waals surface area contributed by atoms with Crippen LogP contribution in [0.15, 0.2) is 24.3 Å². The molecule has 1 saturated heterocycles. The highest BCUT2D eigenvalue weighted by Crippen LogP contribution is 2.58. The maximum atomic E-state index is 13.6. The summed E-state index contributed by atoms with van der Waals surface area (Å²) in [7, 11) is 0. The summed E-state index contributed by atoms with van der Waals surface area (Å²) in [6.45, 7) is 5.67. The number of nitrogens with zero attached hydrogens (tertiary/aromatic N) is 1. The van der Waals surface area contributed by atoms with E-state index in [9.17, 15) is 14.4 Å². The Morgan fingerprint density at radius 1 is 1.16 bits per heavy atom. The van der Waals surface area contributed by atoms with E-state index in [4.69, 9.17) is 4.74 Å². The fourth-order valence-electron chi connectivity index (χ4n) is 6.64. The van der Waals surface area contributed by atoms with E-state index in [1.165, 1.54) is 0 Å². The van der Waals surface area contributed by atoms with Crippen LogP contribution in [0.1, 0.15) is 62.7 Å². The lowest BCUT2D eigenvalue weighted by atomic mass is 9.51. The van der Waals surface area contributed by atoms with Crippen molar-refractivity contribution in [3.05, 3.63) is 29.8 Å². The van der Waals surface area contributed by atoms with Crippen molar-refractivity contribution >= 4 is 23.5 Å². The maximum absolute atomic E-state index is 13.6. The number of nitrogens with one attached hydrogen (secondary N) is 2. The van der Waals surface area contributed by atoms with Crippen molar-refractivity contribution in [1.29, 1.82) is 0 Å². The van der Waals surface area contributed by atoms with E-state index in [1.807, 2.05) is 36.1 Å². The molecule has 6 rings (SSSR count). The lowest BCUT2D eigenvalue weighted by Gasteiger charge is -2.61. The highest BCUT2D eigenvalue weighted by Gasteiger charge is 2.60. The van der Waals surface area contributed by atoms with Gasteiger partial charge in [-0.1, -0.05) is 19.1 Å². The number of para-hydroxylation sites is 1. The van der Waals surface area contributed by atoms with Gasteiger partial charge in [0.05, 0.1) is 18.1 Å². The predicted octanol–water partition coefficient (Wildman–Crippen LogP) is 3.17. The van der Waals surface area contributed by atoms with Gasteiger partial charge in [-0.2, -0.15) is 0 Å². The number of esters is 1. The van der Waals surface area contributed by atoms with Crippen molar-refractivity contribution in [3.8, 4) is 0 Å². The van der Waals surface area contributed by atoms with Crippen molar-refractivity contribution in [3.63, 3.8) is 0 Å². The van der Waals surface area contributed by atoms with E-state index < -0.39 is 5.66 Å². The molecule has 2 amide bonds. The minimum atomic E-state index is -0.480. The summed E-state index contributed by atoms with van der Waals surface area (Å²) in [6.07, 6.45) is 4.88. The molecule has 0 unspecified atom stereocenters. The molecule has 172 valence electrons. The molecule has 7 heteroatoms. The van der Waals surface area contributed by atoms with Crippen LogP contribution < -0.4 is 10.6 Å². The summed E-state index contributed by atoms with van der Waals surface area (Å²) in [4.78, 5) is 40.5. The number of piperidine rings is 1. The number of carbonyl (C=O) groups is 3. The van der Waals surface area contributed by atoms with E-state index in [1.54, 1.807) is 0 Å². The van der Waals surface area contributed by atoms with Crippen molar-refractivity contribution in [2.45, 2.75) is 58.0 Å². The summed E-state index contributed by atoms with van der Waals surface area (Å²) < 4.78 is 5.16. The second-order valence-electron chi connectivity index (χ2n) is 10.3. The molecule has 0 aromatic heterocycles. The van der Waals surface area contributed by atoms with Crippen LogP contribution in [-0.4, -0.2) is 48.0 Å². The number of fused-ring (bicyclic) bond motifs is 3. The van der Waals surface area contributed by atoms with E-state index >= 15 is 0 Å². The molecule has 2 aliphatic heterocycles. The standard InChI is InChI=1S/C25H33N3O4/c1-3-32-23(31)16-9-12-28(13-10-16)22(30)19-14-17-8-11-24(19,2)15-25(17)26-20-7-5-4-6-18(20)21(29)27-25/h4-7,16-17,19,26H,3,8-15H2,1-2H3,(H,27,29)/t17-,19-,24-,25+/m1/s1. The first-order chi connectivity index (χ1) is 15.3. The van der Waals surface area contributed by atoms with Gasteiger partial charge in [0.25, 0.3) is 5.91 Å². The van der Waals surface area contributed by atoms with E-state index in [2.05, 4.69) is 17.6 Å². The normalized spacial score (nSPS) is 33.9. The summed E-state index contributed by atoms with van der Waals surface area (Å²) >= 11 is 0. The topological polar surface area (TPSA) is 87.7 Å². The van der Waals surface area contributed by atoms with Crippen molar-refractivity contribution < 1.29 is 19.1 Å². The van der Waals surface area contributed by atoms with Gasteiger partial charge in [0.2, 0.25) is 5.91 Å². The number of rotatable bonds is 3. The summed E-state index contributed by atoms with van der Waals surface area (Å²) in [5.41, 5.74) is 0.917. The van der Waals surface area contributed by atoms with Gasteiger partial charge in [-0.3, -0.25) is 14.4 Å². The van der Waals surface area contributed by atoms with E-state index in [0.717, 1.165) is 31.4 Å². The number of likely N-dealkylation sites (tertiary alicyclic amines) is 1. The molecule has 7 nitrogen and oxygen atoms in total. The first-order valence-corrected chi connectivity index (χ1v) is 12.0. The van der Waals surface area contributed by atoms with Crippen molar-refractivity contribution in [2.75, 3.05) is 25.0 Å². The smallest absolute Gasteiger partial charge is 0.309 e. The van der Waals surface area contributed by atoms with Crippen molar-refractivity contribution in [2.24, 2.45) is 23.2 Å². The summed E-state index contributed by atoms with van der Waals surface area (Å²) in [6, 6.07) is 7.65. The molecule has 2 bridgehead atoms. The monoisotopic (exact) mass is 439 g/mol. The molecule has 2 heterocycles. The van der Waals surface area contributed by atoms with Gasteiger partial charge >= 0.3 is 5.97 Å².